The Kier molecular flexibility index (Phi) is 6.44. The minimum absolute atomic E-state index is 0.239. The highest BCUT2D eigenvalue weighted by Crippen LogP contribution is 2.39. The molecule has 1 aliphatic heterocycles. The van der Waals surface area contributed by atoms with E-state index in [1.807, 2.05) is 35.6 Å². The van der Waals surface area contributed by atoms with E-state index >= 15 is 0 Å². The van der Waals surface area contributed by atoms with Crippen molar-refractivity contribution in [3.8, 4) is 5.75 Å². The lowest BCUT2D eigenvalue weighted by atomic mass is 9.98. The van der Waals surface area contributed by atoms with E-state index in [0.29, 0.717) is 19.8 Å². The van der Waals surface area contributed by atoms with Gasteiger partial charge in [0.2, 0.25) is 0 Å². The standard InChI is InChI=1S/C22H25NO3S2/c1-25-18-5-2-4-16(12-18)14-26-15-17(24)13-23-9-7-20-19(8-11-28-20)22(23)21-6-3-10-27-21/h2-6,8,10-12,17,22,24H,7,9,13-15H2,1H3. The molecule has 0 spiro atoms. The molecule has 2 atom stereocenters. The van der Waals surface area contributed by atoms with E-state index in [-0.39, 0.29) is 6.04 Å². The quantitative estimate of drug-likeness (QED) is 0.594. The summed E-state index contributed by atoms with van der Waals surface area (Å²) in [5, 5.41) is 14.9. The molecular weight excluding hydrogens is 390 g/mol. The summed E-state index contributed by atoms with van der Waals surface area (Å²) in [6.45, 7) is 2.36. The molecule has 0 bridgehead atoms. The minimum Gasteiger partial charge on any atom is -0.497 e. The summed E-state index contributed by atoms with van der Waals surface area (Å²) in [5.74, 6) is 0.820. The number of thiophene rings is 2. The smallest absolute Gasteiger partial charge is 0.119 e. The number of ether oxygens (including phenoxy) is 2. The zero-order valence-electron chi connectivity index (χ0n) is 15.9. The molecular formula is C22H25NO3S2. The van der Waals surface area contributed by atoms with Gasteiger partial charge in [-0.3, -0.25) is 4.90 Å². The van der Waals surface area contributed by atoms with Crippen LogP contribution in [0.2, 0.25) is 0 Å². The van der Waals surface area contributed by atoms with Crippen LogP contribution in [0.25, 0.3) is 0 Å². The average Bonchev–Trinajstić information content (AvgIpc) is 3.40. The summed E-state index contributed by atoms with van der Waals surface area (Å²) in [6.07, 6.45) is 0.528. The number of β-amino-alcohol motifs (C(OH)–C–C–N with tert-alkyl or cyclic N) is 1. The number of hydrogen-bond donors (Lipinski definition) is 1. The number of aliphatic hydroxyl groups is 1. The second kappa shape index (κ2) is 9.20. The fraction of sp³-hybridized carbons (Fsp3) is 0.364. The highest BCUT2D eigenvalue weighted by Gasteiger charge is 2.31. The molecule has 6 heteroatoms. The van der Waals surface area contributed by atoms with Crippen molar-refractivity contribution in [2.45, 2.75) is 25.2 Å². The summed E-state index contributed by atoms with van der Waals surface area (Å²) in [5.41, 5.74) is 2.44. The number of aliphatic hydroxyl groups excluding tert-OH is 1. The van der Waals surface area contributed by atoms with Crippen LogP contribution in [0.5, 0.6) is 5.75 Å². The van der Waals surface area contributed by atoms with Crippen LogP contribution >= 0.6 is 22.7 Å². The van der Waals surface area contributed by atoms with E-state index in [9.17, 15) is 5.11 Å². The van der Waals surface area contributed by atoms with E-state index in [4.69, 9.17) is 9.47 Å². The molecule has 0 aliphatic carbocycles. The Labute approximate surface area is 174 Å². The zero-order chi connectivity index (χ0) is 19.3. The molecule has 1 N–H and O–H groups in total. The predicted molar refractivity (Wildman–Crippen MR) is 114 cm³/mol. The summed E-state index contributed by atoms with van der Waals surface area (Å²) < 4.78 is 11.0. The van der Waals surface area contributed by atoms with Gasteiger partial charge in [-0.1, -0.05) is 18.2 Å². The fourth-order valence-electron chi connectivity index (χ4n) is 3.74. The second-order valence-electron chi connectivity index (χ2n) is 6.98. The first kappa shape index (κ1) is 19.6. The largest absolute Gasteiger partial charge is 0.497 e. The maximum absolute atomic E-state index is 10.6. The summed E-state index contributed by atoms with van der Waals surface area (Å²) in [6, 6.07) is 14.6. The molecule has 0 saturated carbocycles. The lowest BCUT2D eigenvalue weighted by Crippen LogP contribution is -2.41. The van der Waals surface area contributed by atoms with Crippen molar-refractivity contribution in [2.24, 2.45) is 0 Å². The van der Waals surface area contributed by atoms with Crippen molar-refractivity contribution < 1.29 is 14.6 Å². The Morgan fingerprint density at radius 3 is 2.93 bits per heavy atom. The van der Waals surface area contributed by atoms with Gasteiger partial charge >= 0.3 is 0 Å². The fourth-order valence-corrected chi connectivity index (χ4v) is 5.52. The lowest BCUT2D eigenvalue weighted by molar-refractivity contribution is 0.00414. The van der Waals surface area contributed by atoms with Gasteiger partial charge in [0.05, 0.1) is 32.5 Å². The van der Waals surface area contributed by atoms with Gasteiger partial charge < -0.3 is 14.6 Å². The van der Waals surface area contributed by atoms with Crippen LogP contribution in [0.15, 0.2) is 53.2 Å². The summed E-state index contributed by atoms with van der Waals surface area (Å²) in [4.78, 5) is 5.20. The van der Waals surface area contributed by atoms with E-state index in [2.05, 4.69) is 33.9 Å². The molecule has 1 aliphatic rings. The molecule has 3 aromatic rings. The predicted octanol–water partition coefficient (Wildman–Crippen LogP) is 4.34. The van der Waals surface area contributed by atoms with Gasteiger partial charge in [0.15, 0.2) is 0 Å². The Morgan fingerprint density at radius 1 is 1.18 bits per heavy atom. The Balaban J connectivity index is 1.36. The van der Waals surface area contributed by atoms with Gasteiger partial charge in [0, 0.05) is 22.8 Å². The van der Waals surface area contributed by atoms with Crippen LogP contribution in [-0.4, -0.2) is 42.9 Å². The van der Waals surface area contributed by atoms with Crippen LogP contribution in [-0.2, 0) is 17.8 Å². The first-order valence-corrected chi connectivity index (χ1v) is 11.2. The van der Waals surface area contributed by atoms with E-state index in [1.54, 1.807) is 18.4 Å². The molecule has 0 saturated heterocycles. The van der Waals surface area contributed by atoms with Crippen LogP contribution < -0.4 is 4.74 Å². The normalized spacial score (nSPS) is 18.0. The summed E-state index contributed by atoms with van der Waals surface area (Å²) >= 11 is 3.63. The maximum Gasteiger partial charge on any atom is 0.119 e. The molecule has 0 amide bonds. The average molecular weight is 416 g/mol. The molecule has 1 aromatic carbocycles. The van der Waals surface area contributed by atoms with Gasteiger partial charge in [-0.2, -0.15) is 0 Å². The Hall–Kier alpha value is -1.70. The molecule has 4 rings (SSSR count). The number of hydrogen-bond acceptors (Lipinski definition) is 6. The first-order chi connectivity index (χ1) is 13.7. The number of fused-ring (bicyclic) bond motifs is 1. The molecule has 2 unspecified atom stereocenters. The number of nitrogens with zero attached hydrogens (tertiary/aromatic N) is 1. The molecule has 2 aromatic heterocycles. The SMILES string of the molecule is COc1cccc(COCC(O)CN2CCc3sccc3C2c2cccs2)c1. The van der Waals surface area contributed by atoms with Gasteiger partial charge in [-0.05, 0) is 52.6 Å². The van der Waals surface area contributed by atoms with Gasteiger partial charge in [-0.15, -0.1) is 22.7 Å². The van der Waals surface area contributed by atoms with Crippen molar-refractivity contribution in [1.29, 1.82) is 0 Å². The summed E-state index contributed by atoms with van der Waals surface area (Å²) in [7, 11) is 1.66. The number of methoxy groups -OCH3 is 1. The van der Waals surface area contributed by atoms with Crippen molar-refractivity contribution in [3.05, 3.63) is 74.1 Å². The first-order valence-electron chi connectivity index (χ1n) is 9.47. The topological polar surface area (TPSA) is 41.9 Å². The highest BCUT2D eigenvalue weighted by molar-refractivity contribution is 7.10. The third-order valence-electron chi connectivity index (χ3n) is 5.04. The van der Waals surface area contributed by atoms with Crippen LogP contribution in [0.1, 0.15) is 26.9 Å². The zero-order valence-corrected chi connectivity index (χ0v) is 17.5. The molecule has 0 fully saturated rings. The van der Waals surface area contributed by atoms with Crippen LogP contribution in [0.3, 0.4) is 0 Å². The Bertz CT molecular complexity index is 878. The van der Waals surface area contributed by atoms with Crippen molar-refractivity contribution in [3.63, 3.8) is 0 Å². The highest BCUT2D eigenvalue weighted by atomic mass is 32.1. The van der Waals surface area contributed by atoms with Crippen molar-refractivity contribution in [1.82, 2.24) is 4.90 Å². The van der Waals surface area contributed by atoms with E-state index in [0.717, 1.165) is 24.3 Å². The molecule has 148 valence electrons. The van der Waals surface area contributed by atoms with Gasteiger partial charge in [0.1, 0.15) is 5.75 Å². The lowest BCUT2D eigenvalue weighted by Gasteiger charge is -2.36. The van der Waals surface area contributed by atoms with Crippen molar-refractivity contribution in [2.75, 3.05) is 26.8 Å². The van der Waals surface area contributed by atoms with Crippen LogP contribution in [0, 0.1) is 0 Å². The number of rotatable bonds is 8. The maximum atomic E-state index is 10.6. The third-order valence-corrected chi connectivity index (χ3v) is 6.96. The molecule has 0 radical (unpaired) electrons. The van der Waals surface area contributed by atoms with E-state index < -0.39 is 6.10 Å². The monoisotopic (exact) mass is 415 g/mol. The van der Waals surface area contributed by atoms with Gasteiger partial charge in [-0.25, -0.2) is 0 Å². The van der Waals surface area contributed by atoms with E-state index in [1.165, 1.54) is 15.3 Å². The molecule has 28 heavy (non-hydrogen) atoms. The van der Waals surface area contributed by atoms with Crippen LogP contribution in [0.4, 0.5) is 0 Å². The third kappa shape index (κ3) is 4.47. The minimum atomic E-state index is -0.520. The molecule has 3 heterocycles. The Morgan fingerprint density at radius 2 is 2.11 bits per heavy atom. The van der Waals surface area contributed by atoms with Crippen molar-refractivity contribution >= 4 is 22.7 Å². The molecule has 4 nitrogen and oxygen atoms in total. The second-order valence-corrected chi connectivity index (χ2v) is 8.96. The number of benzene rings is 1. The van der Waals surface area contributed by atoms with Gasteiger partial charge in [0.25, 0.3) is 0 Å².